The van der Waals surface area contributed by atoms with Crippen LogP contribution in [0.1, 0.15) is 0 Å². The molecule has 8 heteroatoms. The van der Waals surface area contributed by atoms with Crippen molar-refractivity contribution in [1.29, 1.82) is 5.26 Å². The molecule has 2 rings (SSSR count). The summed E-state index contributed by atoms with van der Waals surface area (Å²) in [6, 6.07) is 0. The highest BCUT2D eigenvalue weighted by Crippen LogP contribution is 2.15. The number of aliphatic imine (C=N–C) groups is 1. The number of aliphatic hydroxyl groups is 1. The molecule has 2 aliphatic rings. The molecule has 0 bridgehead atoms. The number of carbonyl (C=O) groups is 3. The minimum Gasteiger partial charge on any atom is -0.369 e. The molecule has 0 spiro atoms. The molecular weight excluding hydrogens is 240 g/mol. The van der Waals surface area contributed by atoms with E-state index < -0.39 is 29.9 Å². The number of guanidine groups is 1. The zero-order valence-corrected chi connectivity index (χ0v) is 8.85. The quantitative estimate of drug-likeness (QED) is 0.241. The van der Waals surface area contributed by atoms with Crippen molar-refractivity contribution < 1.29 is 19.5 Å². The summed E-state index contributed by atoms with van der Waals surface area (Å²) in [5.41, 5.74) is 0. The maximum absolute atomic E-state index is 11.5. The van der Waals surface area contributed by atoms with E-state index >= 15 is 0 Å². The van der Waals surface area contributed by atoms with Gasteiger partial charge in [-0.3, -0.25) is 14.4 Å². The Bertz CT molecular complexity index is 551. The van der Waals surface area contributed by atoms with E-state index in [9.17, 15) is 19.5 Å². The normalized spacial score (nSPS) is 23.2. The second-order valence-electron chi connectivity index (χ2n) is 3.34. The second-order valence-corrected chi connectivity index (χ2v) is 3.34. The highest BCUT2D eigenvalue weighted by molar-refractivity contribution is 6.25. The Morgan fingerprint density at radius 2 is 1.83 bits per heavy atom. The number of hydrogen-bond donors (Lipinski definition) is 1. The third kappa shape index (κ3) is 1.68. The Morgan fingerprint density at radius 1 is 1.22 bits per heavy atom. The summed E-state index contributed by atoms with van der Waals surface area (Å²) in [4.78, 5) is 38.9. The lowest BCUT2D eigenvalue weighted by Crippen LogP contribution is -2.51. The van der Waals surface area contributed by atoms with Crippen LogP contribution in [0.25, 0.3) is 0 Å². The Morgan fingerprint density at radius 3 is 2.28 bits per heavy atom. The largest absolute Gasteiger partial charge is 0.369 e. The van der Waals surface area contributed by atoms with Crippen LogP contribution in [0.4, 0.5) is 0 Å². The van der Waals surface area contributed by atoms with Crippen LogP contribution in [-0.2, 0) is 14.4 Å². The van der Waals surface area contributed by atoms with Gasteiger partial charge in [-0.1, -0.05) is 0 Å². The maximum Gasteiger partial charge on any atom is 0.260 e. The van der Waals surface area contributed by atoms with Crippen LogP contribution in [0, 0.1) is 11.5 Å². The SMILES string of the molecule is N#C/N=C(\N1C(=O)C=CC1=O)N1C(=O)C=CC1O. The third-order valence-corrected chi connectivity index (χ3v) is 2.29. The number of nitrogens with zero attached hydrogens (tertiary/aromatic N) is 4. The number of hydrogen-bond acceptors (Lipinski definition) is 6. The standard InChI is InChI=1S/C10H6N4O4/c11-5-12-10(13-6(15)1-2-7(13)16)14-8(17)3-4-9(14)18/h1-4,6,15H/b12-10-. The molecule has 0 aliphatic carbocycles. The monoisotopic (exact) mass is 246 g/mol. The zero-order chi connectivity index (χ0) is 13.3. The van der Waals surface area contributed by atoms with Crippen LogP contribution < -0.4 is 0 Å². The van der Waals surface area contributed by atoms with Gasteiger partial charge >= 0.3 is 0 Å². The summed E-state index contributed by atoms with van der Waals surface area (Å²) in [6.45, 7) is 0. The molecule has 1 unspecified atom stereocenters. The summed E-state index contributed by atoms with van der Waals surface area (Å²) in [7, 11) is 0. The van der Waals surface area contributed by atoms with E-state index in [1.807, 2.05) is 0 Å². The van der Waals surface area contributed by atoms with E-state index in [0.29, 0.717) is 9.80 Å². The molecule has 0 saturated heterocycles. The summed E-state index contributed by atoms with van der Waals surface area (Å²) >= 11 is 0. The topological polar surface area (TPSA) is 114 Å². The number of nitriles is 1. The number of aliphatic hydroxyl groups excluding tert-OH is 1. The zero-order valence-electron chi connectivity index (χ0n) is 8.85. The average molecular weight is 246 g/mol. The second kappa shape index (κ2) is 4.23. The van der Waals surface area contributed by atoms with E-state index in [4.69, 9.17) is 5.26 Å². The molecule has 0 fully saturated rings. The number of imide groups is 1. The fourth-order valence-electron chi connectivity index (χ4n) is 1.54. The van der Waals surface area contributed by atoms with E-state index in [1.54, 1.807) is 0 Å². The Hall–Kier alpha value is -2.79. The number of amides is 3. The van der Waals surface area contributed by atoms with Gasteiger partial charge in [-0.2, -0.15) is 5.26 Å². The number of carbonyl (C=O) groups excluding carboxylic acids is 3. The molecule has 2 heterocycles. The number of rotatable bonds is 0. The first kappa shape index (κ1) is 11.7. The van der Waals surface area contributed by atoms with Crippen LogP contribution in [0.2, 0.25) is 0 Å². The summed E-state index contributed by atoms with van der Waals surface area (Å²) < 4.78 is 0. The highest BCUT2D eigenvalue weighted by atomic mass is 16.3. The van der Waals surface area contributed by atoms with Crippen LogP contribution in [0.3, 0.4) is 0 Å². The van der Waals surface area contributed by atoms with Gasteiger partial charge in [0.25, 0.3) is 17.7 Å². The third-order valence-electron chi connectivity index (χ3n) is 2.29. The lowest BCUT2D eigenvalue weighted by Gasteiger charge is -2.25. The van der Waals surface area contributed by atoms with Gasteiger partial charge in [0.15, 0.2) is 6.23 Å². The van der Waals surface area contributed by atoms with Crippen molar-refractivity contribution in [2.24, 2.45) is 4.99 Å². The van der Waals surface area contributed by atoms with Crippen molar-refractivity contribution in [3.63, 3.8) is 0 Å². The fraction of sp³-hybridized carbons (Fsp3) is 0.100. The maximum atomic E-state index is 11.5. The lowest BCUT2D eigenvalue weighted by molar-refractivity contribution is -0.133. The summed E-state index contributed by atoms with van der Waals surface area (Å²) in [5.74, 6) is -2.66. The minimum absolute atomic E-state index is 0.514. The molecule has 0 aromatic rings. The molecule has 2 aliphatic heterocycles. The molecule has 0 aromatic heterocycles. The molecule has 1 atom stereocenters. The van der Waals surface area contributed by atoms with Gasteiger partial charge in [-0.05, 0) is 6.08 Å². The van der Waals surface area contributed by atoms with Crippen LogP contribution in [0.5, 0.6) is 0 Å². The van der Waals surface area contributed by atoms with Crippen molar-refractivity contribution in [2.45, 2.75) is 6.23 Å². The first-order chi connectivity index (χ1) is 8.56. The predicted molar refractivity (Wildman–Crippen MR) is 56.0 cm³/mol. The van der Waals surface area contributed by atoms with Crippen molar-refractivity contribution in [1.82, 2.24) is 9.80 Å². The summed E-state index contributed by atoms with van der Waals surface area (Å²) in [6.07, 6.45) is 4.18. The Labute approximate surface area is 101 Å². The molecule has 0 saturated carbocycles. The van der Waals surface area contributed by atoms with Gasteiger partial charge in [0.1, 0.15) is 0 Å². The van der Waals surface area contributed by atoms with Crippen LogP contribution in [-0.4, -0.2) is 44.8 Å². The molecule has 0 aromatic carbocycles. The van der Waals surface area contributed by atoms with E-state index in [1.165, 1.54) is 6.19 Å². The first-order valence-corrected chi connectivity index (χ1v) is 4.78. The molecule has 8 nitrogen and oxygen atoms in total. The highest BCUT2D eigenvalue weighted by Gasteiger charge is 2.38. The van der Waals surface area contributed by atoms with Gasteiger partial charge in [0.05, 0.1) is 0 Å². The molecule has 18 heavy (non-hydrogen) atoms. The lowest BCUT2D eigenvalue weighted by atomic mass is 10.5. The van der Waals surface area contributed by atoms with Gasteiger partial charge in [0.2, 0.25) is 12.2 Å². The predicted octanol–water partition coefficient (Wildman–Crippen LogP) is -1.53. The minimum atomic E-state index is -1.37. The van der Waals surface area contributed by atoms with Crippen molar-refractivity contribution in [2.75, 3.05) is 0 Å². The molecule has 90 valence electrons. The molecule has 1 N–H and O–H groups in total. The fourth-order valence-corrected chi connectivity index (χ4v) is 1.54. The van der Waals surface area contributed by atoms with E-state index in [-0.39, 0.29) is 0 Å². The first-order valence-electron chi connectivity index (χ1n) is 4.78. The van der Waals surface area contributed by atoms with Gasteiger partial charge < -0.3 is 5.11 Å². The summed E-state index contributed by atoms with van der Waals surface area (Å²) in [5, 5.41) is 18.1. The van der Waals surface area contributed by atoms with Crippen LogP contribution >= 0.6 is 0 Å². The van der Waals surface area contributed by atoms with Gasteiger partial charge in [-0.15, -0.1) is 4.99 Å². The van der Waals surface area contributed by atoms with Crippen molar-refractivity contribution in [3.8, 4) is 6.19 Å². The van der Waals surface area contributed by atoms with E-state index in [0.717, 1.165) is 24.3 Å². The smallest absolute Gasteiger partial charge is 0.260 e. The Kier molecular flexibility index (Phi) is 2.75. The van der Waals surface area contributed by atoms with Gasteiger partial charge in [-0.25, -0.2) is 9.80 Å². The molecular formula is C10H6N4O4. The van der Waals surface area contributed by atoms with Crippen molar-refractivity contribution in [3.05, 3.63) is 24.3 Å². The molecule has 0 radical (unpaired) electrons. The van der Waals surface area contributed by atoms with Crippen LogP contribution in [0.15, 0.2) is 29.3 Å². The Balaban J connectivity index is 2.40. The average Bonchev–Trinajstić information content (AvgIpc) is 2.82. The van der Waals surface area contributed by atoms with E-state index in [2.05, 4.69) is 4.99 Å². The molecule has 3 amide bonds. The van der Waals surface area contributed by atoms with Gasteiger partial charge in [0, 0.05) is 18.2 Å². The van der Waals surface area contributed by atoms with Crippen molar-refractivity contribution >= 4 is 23.7 Å².